The van der Waals surface area contributed by atoms with E-state index in [1.165, 1.54) is 0 Å². The van der Waals surface area contributed by atoms with Crippen LogP contribution in [0.2, 0.25) is 0 Å². The van der Waals surface area contributed by atoms with Crippen LogP contribution in [-0.2, 0) is 6.42 Å². The van der Waals surface area contributed by atoms with E-state index in [0.29, 0.717) is 18.1 Å². The van der Waals surface area contributed by atoms with Gasteiger partial charge in [0.15, 0.2) is 0 Å². The van der Waals surface area contributed by atoms with Gasteiger partial charge in [0.05, 0.1) is 12.5 Å². The van der Waals surface area contributed by atoms with Gasteiger partial charge in [0, 0.05) is 10.0 Å². The summed E-state index contributed by atoms with van der Waals surface area (Å²) in [6.45, 7) is 3.68. The minimum absolute atomic E-state index is 0.375. The van der Waals surface area contributed by atoms with Crippen LogP contribution in [0.3, 0.4) is 0 Å². The third-order valence-electron chi connectivity index (χ3n) is 2.38. The normalized spacial score (nSPS) is 12.7. The summed E-state index contributed by atoms with van der Waals surface area (Å²) < 4.78 is 6.06. The first-order valence-corrected chi connectivity index (χ1v) is 6.12. The molecule has 1 aromatic carbocycles. The van der Waals surface area contributed by atoms with Crippen LogP contribution >= 0.6 is 15.9 Å². The van der Waals surface area contributed by atoms with Gasteiger partial charge in [-0.05, 0) is 31.5 Å². The molecule has 0 amide bonds. The molecule has 1 atom stereocenters. The zero-order valence-corrected chi connectivity index (χ0v) is 11.2. The lowest BCUT2D eigenvalue weighted by Crippen LogP contribution is -2.04. The summed E-state index contributed by atoms with van der Waals surface area (Å²) in [7, 11) is 0. The Morgan fingerprint density at radius 1 is 1.47 bits per heavy atom. The van der Waals surface area contributed by atoms with Crippen molar-refractivity contribution < 1.29 is 9.63 Å². The van der Waals surface area contributed by atoms with Crippen molar-refractivity contribution in [2.75, 3.05) is 0 Å². The second kappa shape index (κ2) is 4.98. The van der Waals surface area contributed by atoms with Crippen LogP contribution in [0.15, 0.2) is 27.2 Å². The van der Waals surface area contributed by atoms with E-state index in [-0.39, 0.29) is 0 Å². The van der Waals surface area contributed by atoms with E-state index in [9.17, 15) is 5.11 Å². The van der Waals surface area contributed by atoms with Gasteiger partial charge < -0.3 is 9.63 Å². The summed E-state index contributed by atoms with van der Waals surface area (Å²) in [5.41, 5.74) is 2.01. The molecular formula is C12H13BrN2O2. The number of aliphatic hydroxyl groups excluding tert-OH is 1. The van der Waals surface area contributed by atoms with Crippen LogP contribution in [0, 0.1) is 6.92 Å². The lowest BCUT2D eigenvalue weighted by atomic mass is 10.1. The Bertz CT molecular complexity index is 523. The predicted molar refractivity (Wildman–Crippen MR) is 67.6 cm³/mol. The number of aryl methyl sites for hydroxylation is 1. The maximum atomic E-state index is 9.25. The lowest BCUT2D eigenvalue weighted by Gasteiger charge is -2.00. The molecule has 2 aromatic rings. The molecule has 1 aromatic heterocycles. The van der Waals surface area contributed by atoms with Crippen molar-refractivity contribution in [1.29, 1.82) is 0 Å². The summed E-state index contributed by atoms with van der Waals surface area (Å²) in [5.74, 6) is 1.01. The molecule has 0 bridgehead atoms. The molecule has 0 saturated carbocycles. The zero-order chi connectivity index (χ0) is 12.4. The van der Waals surface area contributed by atoms with E-state index < -0.39 is 6.10 Å². The standard InChI is InChI=1S/C12H13BrN2O2/c1-7-3-4-9(13)6-10(7)12-14-11(17-15-12)5-8(2)16/h3-4,6,8,16H,5H2,1-2H3. The average molecular weight is 297 g/mol. The Morgan fingerprint density at radius 3 is 2.94 bits per heavy atom. The van der Waals surface area contributed by atoms with Crippen molar-refractivity contribution in [1.82, 2.24) is 10.1 Å². The number of benzene rings is 1. The van der Waals surface area contributed by atoms with Crippen LogP contribution < -0.4 is 0 Å². The van der Waals surface area contributed by atoms with E-state index in [1.807, 2.05) is 25.1 Å². The molecule has 5 heteroatoms. The van der Waals surface area contributed by atoms with Gasteiger partial charge in [-0.3, -0.25) is 0 Å². The van der Waals surface area contributed by atoms with Crippen LogP contribution in [0.1, 0.15) is 18.4 Å². The molecule has 1 heterocycles. The highest BCUT2D eigenvalue weighted by Gasteiger charge is 2.12. The van der Waals surface area contributed by atoms with Crippen molar-refractivity contribution in [2.24, 2.45) is 0 Å². The van der Waals surface area contributed by atoms with Crippen molar-refractivity contribution in [3.63, 3.8) is 0 Å². The zero-order valence-electron chi connectivity index (χ0n) is 9.64. The van der Waals surface area contributed by atoms with Crippen molar-refractivity contribution in [3.05, 3.63) is 34.1 Å². The first kappa shape index (κ1) is 12.3. The first-order valence-electron chi connectivity index (χ1n) is 5.33. The van der Waals surface area contributed by atoms with E-state index in [2.05, 4.69) is 26.1 Å². The Balaban J connectivity index is 2.33. The molecule has 0 aliphatic heterocycles. The van der Waals surface area contributed by atoms with Gasteiger partial charge in [0.2, 0.25) is 11.7 Å². The van der Waals surface area contributed by atoms with Crippen LogP contribution in [-0.4, -0.2) is 21.4 Å². The Hall–Kier alpha value is -1.20. The Morgan fingerprint density at radius 2 is 2.24 bits per heavy atom. The minimum atomic E-state index is -0.480. The molecule has 1 N–H and O–H groups in total. The second-order valence-electron chi connectivity index (χ2n) is 4.02. The number of nitrogens with zero attached hydrogens (tertiary/aromatic N) is 2. The van der Waals surface area contributed by atoms with Crippen molar-refractivity contribution >= 4 is 15.9 Å². The van der Waals surface area contributed by atoms with Gasteiger partial charge in [0.25, 0.3) is 0 Å². The third-order valence-corrected chi connectivity index (χ3v) is 2.87. The number of aliphatic hydroxyl groups is 1. The van der Waals surface area contributed by atoms with Gasteiger partial charge in [0.1, 0.15) is 0 Å². The molecule has 0 aliphatic carbocycles. The van der Waals surface area contributed by atoms with Gasteiger partial charge in [-0.1, -0.05) is 27.2 Å². The largest absolute Gasteiger partial charge is 0.393 e. The van der Waals surface area contributed by atoms with E-state index >= 15 is 0 Å². The molecule has 0 aliphatic rings. The summed E-state index contributed by atoms with van der Waals surface area (Å²) in [6, 6.07) is 5.91. The molecule has 17 heavy (non-hydrogen) atoms. The maximum absolute atomic E-state index is 9.25. The number of hydrogen-bond acceptors (Lipinski definition) is 4. The molecule has 0 spiro atoms. The highest BCUT2D eigenvalue weighted by Crippen LogP contribution is 2.24. The van der Waals surface area contributed by atoms with Crippen LogP contribution in [0.25, 0.3) is 11.4 Å². The molecule has 1 unspecified atom stereocenters. The van der Waals surface area contributed by atoms with Gasteiger partial charge in [-0.15, -0.1) is 0 Å². The molecule has 4 nitrogen and oxygen atoms in total. The summed E-state index contributed by atoms with van der Waals surface area (Å²) in [5, 5.41) is 13.2. The fourth-order valence-electron chi connectivity index (χ4n) is 1.54. The molecule has 2 rings (SSSR count). The Labute approximate surface area is 108 Å². The van der Waals surface area contributed by atoms with E-state index in [4.69, 9.17) is 4.52 Å². The average Bonchev–Trinajstić information content (AvgIpc) is 2.69. The minimum Gasteiger partial charge on any atom is -0.393 e. The fourth-order valence-corrected chi connectivity index (χ4v) is 1.90. The quantitative estimate of drug-likeness (QED) is 0.946. The molecule has 90 valence electrons. The lowest BCUT2D eigenvalue weighted by molar-refractivity contribution is 0.181. The SMILES string of the molecule is Cc1ccc(Br)cc1-c1noc(CC(C)O)n1. The maximum Gasteiger partial charge on any atom is 0.229 e. The predicted octanol–water partition coefficient (Wildman–Crippen LogP) is 2.73. The topological polar surface area (TPSA) is 59.2 Å². The number of hydrogen-bond donors (Lipinski definition) is 1. The fraction of sp³-hybridized carbons (Fsp3) is 0.333. The molecule has 0 saturated heterocycles. The van der Waals surface area contributed by atoms with Crippen molar-refractivity contribution in [3.8, 4) is 11.4 Å². The van der Waals surface area contributed by atoms with Gasteiger partial charge >= 0.3 is 0 Å². The Kier molecular flexibility index (Phi) is 3.59. The highest BCUT2D eigenvalue weighted by molar-refractivity contribution is 9.10. The number of rotatable bonds is 3. The molecular weight excluding hydrogens is 284 g/mol. The highest BCUT2D eigenvalue weighted by atomic mass is 79.9. The van der Waals surface area contributed by atoms with Crippen LogP contribution in [0.5, 0.6) is 0 Å². The number of halogens is 1. The van der Waals surface area contributed by atoms with Gasteiger partial charge in [-0.25, -0.2) is 0 Å². The van der Waals surface area contributed by atoms with Gasteiger partial charge in [-0.2, -0.15) is 4.98 Å². The molecule has 0 radical (unpaired) electrons. The monoisotopic (exact) mass is 296 g/mol. The number of aromatic nitrogens is 2. The summed E-state index contributed by atoms with van der Waals surface area (Å²) in [6.07, 6.45) is -0.105. The first-order chi connectivity index (χ1) is 8.06. The van der Waals surface area contributed by atoms with E-state index in [1.54, 1.807) is 6.92 Å². The van der Waals surface area contributed by atoms with E-state index in [0.717, 1.165) is 15.6 Å². The third kappa shape index (κ3) is 2.92. The summed E-state index contributed by atoms with van der Waals surface area (Å²) >= 11 is 3.41. The summed E-state index contributed by atoms with van der Waals surface area (Å²) in [4.78, 5) is 4.26. The second-order valence-corrected chi connectivity index (χ2v) is 4.94. The van der Waals surface area contributed by atoms with Crippen molar-refractivity contribution in [2.45, 2.75) is 26.4 Å². The van der Waals surface area contributed by atoms with Crippen LogP contribution in [0.4, 0.5) is 0 Å². The molecule has 0 fully saturated rings. The smallest absolute Gasteiger partial charge is 0.229 e.